The lowest BCUT2D eigenvalue weighted by Gasteiger charge is -2.22. The number of amides is 1. The summed E-state index contributed by atoms with van der Waals surface area (Å²) < 4.78 is 24.7. The first-order valence-corrected chi connectivity index (χ1v) is 11.3. The maximum absolute atomic E-state index is 13.4. The second-order valence-electron chi connectivity index (χ2n) is 9.01. The molecule has 0 bridgehead atoms. The minimum atomic E-state index is -0.824. The van der Waals surface area contributed by atoms with Crippen molar-refractivity contribution in [2.45, 2.75) is 43.9 Å². The van der Waals surface area contributed by atoms with Gasteiger partial charge in [0.1, 0.15) is 24.3 Å². The molecule has 0 spiro atoms. The lowest BCUT2D eigenvalue weighted by atomic mass is 9.97. The predicted molar refractivity (Wildman–Crippen MR) is 125 cm³/mol. The van der Waals surface area contributed by atoms with Gasteiger partial charge in [-0.15, -0.1) is 0 Å². The molecule has 33 heavy (non-hydrogen) atoms. The van der Waals surface area contributed by atoms with Crippen LogP contribution in [-0.2, 0) is 5.54 Å². The summed E-state index contributed by atoms with van der Waals surface area (Å²) in [6.45, 7) is 2.65. The molecule has 0 radical (unpaired) electrons. The van der Waals surface area contributed by atoms with Crippen LogP contribution < -0.4 is 20.1 Å². The van der Waals surface area contributed by atoms with Crippen molar-refractivity contribution < 1.29 is 18.7 Å². The molecule has 2 heterocycles. The van der Waals surface area contributed by atoms with Crippen molar-refractivity contribution in [3.63, 3.8) is 0 Å². The van der Waals surface area contributed by atoms with Gasteiger partial charge in [-0.2, -0.15) is 0 Å². The molecule has 2 aromatic carbocycles. The fraction of sp³-hybridized carbons (Fsp3) is 0.385. The average molecular weight is 450 g/mol. The number of pyridine rings is 1. The van der Waals surface area contributed by atoms with Crippen LogP contribution in [0.25, 0.3) is 10.9 Å². The predicted octanol–water partition coefficient (Wildman–Crippen LogP) is 4.05. The Balaban J connectivity index is 1.37. The van der Waals surface area contributed by atoms with E-state index < -0.39 is 11.7 Å². The molecule has 2 N–H and O–H groups in total. The Labute approximate surface area is 192 Å². The molecule has 1 aliphatic heterocycles. The Morgan fingerprint density at radius 2 is 2.09 bits per heavy atom. The number of carbonyl (C=O) groups excluding carboxylic acids is 1. The average Bonchev–Trinajstić information content (AvgIpc) is 3.48. The molecule has 5 rings (SSSR count). The number of benzene rings is 2. The van der Waals surface area contributed by atoms with Crippen molar-refractivity contribution in [3.8, 4) is 11.5 Å². The number of nitrogens with zero attached hydrogens (tertiary/aromatic N) is 1. The number of nitrogens with one attached hydrogen (secondary N) is 2. The summed E-state index contributed by atoms with van der Waals surface area (Å²) in [7, 11) is 1.63. The standard InChI is InChI=1S/C26H28FN3O3/c1-16-5-6-19(33-15-18-10-17(27)14-29-18)11-22(16)25(31)30-26(7-8-26)23-12-20(32-2)13-24-21(23)4-3-9-28-24/h3-6,9,11-13,17-18,29H,7-8,10,14-15H2,1-2H3,(H,30,31)/t17-,18+/m1/s1. The highest BCUT2D eigenvalue weighted by molar-refractivity contribution is 5.97. The number of carbonyl (C=O) groups is 1. The minimum Gasteiger partial charge on any atom is -0.497 e. The highest BCUT2D eigenvalue weighted by Gasteiger charge is 2.47. The summed E-state index contributed by atoms with van der Waals surface area (Å²) in [5.41, 5.74) is 2.87. The highest BCUT2D eigenvalue weighted by atomic mass is 19.1. The third kappa shape index (κ3) is 4.37. The van der Waals surface area contributed by atoms with Gasteiger partial charge in [-0.3, -0.25) is 9.78 Å². The first kappa shape index (κ1) is 21.6. The van der Waals surface area contributed by atoms with Crippen molar-refractivity contribution in [1.29, 1.82) is 0 Å². The molecular weight excluding hydrogens is 421 g/mol. The summed E-state index contributed by atoms with van der Waals surface area (Å²) >= 11 is 0. The van der Waals surface area contributed by atoms with Gasteiger partial charge in [0.15, 0.2) is 0 Å². The molecule has 3 aromatic rings. The Bertz CT molecular complexity index is 1190. The molecule has 1 saturated heterocycles. The van der Waals surface area contributed by atoms with Gasteiger partial charge in [0.2, 0.25) is 0 Å². The van der Waals surface area contributed by atoms with E-state index in [1.54, 1.807) is 19.4 Å². The topological polar surface area (TPSA) is 72.5 Å². The first-order valence-electron chi connectivity index (χ1n) is 11.3. The number of methoxy groups -OCH3 is 1. The van der Waals surface area contributed by atoms with E-state index in [-0.39, 0.29) is 11.9 Å². The summed E-state index contributed by atoms with van der Waals surface area (Å²) in [6.07, 6.45) is 3.08. The molecule has 2 aliphatic rings. The Hall–Kier alpha value is -3.19. The molecule has 172 valence electrons. The van der Waals surface area contributed by atoms with Crippen LogP contribution in [0.2, 0.25) is 0 Å². The minimum absolute atomic E-state index is 0.0109. The number of aromatic nitrogens is 1. The molecule has 0 unspecified atom stereocenters. The van der Waals surface area contributed by atoms with Crippen LogP contribution in [0.3, 0.4) is 0 Å². The number of rotatable bonds is 7. The summed E-state index contributed by atoms with van der Waals surface area (Å²) in [5, 5.41) is 7.40. The molecule has 2 fully saturated rings. The number of aryl methyl sites for hydroxylation is 1. The van der Waals surface area contributed by atoms with Gasteiger partial charge < -0.3 is 20.1 Å². The molecule has 1 aliphatic carbocycles. The van der Waals surface area contributed by atoms with E-state index in [1.165, 1.54) is 0 Å². The van der Waals surface area contributed by atoms with Crippen molar-refractivity contribution in [3.05, 3.63) is 65.4 Å². The van der Waals surface area contributed by atoms with E-state index in [1.807, 2.05) is 43.3 Å². The molecule has 6 nitrogen and oxygen atoms in total. The van der Waals surface area contributed by atoms with Gasteiger partial charge in [-0.05, 0) is 61.6 Å². The number of hydrogen-bond acceptors (Lipinski definition) is 5. The Morgan fingerprint density at radius 1 is 1.24 bits per heavy atom. The van der Waals surface area contributed by atoms with Gasteiger partial charge in [-0.25, -0.2) is 4.39 Å². The molecular formula is C26H28FN3O3. The van der Waals surface area contributed by atoms with E-state index in [4.69, 9.17) is 9.47 Å². The first-order chi connectivity index (χ1) is 16.0. The van der Waals surface area contributed by atoms with E-state index in [9.17, 15) is 9.18 Å². The van der Waals surface area contributed by atoms with Gasteiger partial charge in [-0.1, -0.05) is 12.1 Å². The summed E-state index contributed by atoms with van der Waals surface area (Å²) in [5.74, 6) is 1.19. The number of hydrogen-bond donors (Lipinski definition) is 2. The quantitative estimate of drug-likeness (QED) is 0.569. The lowest BCUT2D eigenvalue weighted by molar-refractivity contribution is 0.0930. The second-order valence-corrected chi connectivity index (χ2v) is 9.01. The van der Waals surface area contributed by atoms with Crippen LogP contribution in [0.15, 0.2) is 48.7 Å². The van der Waals surface area contributed by atoms with Gasteiger partial charge in [0.05, 0.1) is 18.2 Å². The zero-order valence-corrected chi connectivity index (χ0v) is 18.9. The van der Waals surface area contributed by atoms with Gasteiger partial charge >= 0.3 is 0 Å². The molecule has 1 saturated carbocycles. The highest BCUT2D eigenvalue weighted by Crippen LogP contribution is 2.49. The summed E-state index contributed by atoms with van der Waals surface area (Å²) in [6, 6.07) is 13.3. The van der Waals surface area contributed by atoms with Crippen LogP contribution in [0.1, 0.15) is 40.7 Å². The lowest BCUT2D eigenvalue weighted by Crippen LogP contribution is -2.35. The van der Waals surface area contributed by atoms with E-state index in [0.717, 1.165) is 40.6 Å². The number of fused-ring (bicyclic) bond motifs is 1. The zero-order chi connectivity index (χ0) is 23.0. The number of alkyl halides is 1. The molecule has 1 aromatic heterocycles. The SMILES string of the molecule is COc1cc(C2(NC(=O)c3cc(OC[C@@H]4C[C@@H](F)CN4)ccc3C)CC2)c2cccnc2c1. The fourth-order valence-electron chi connectivity index (χ4n) is 4.57. The monoisotopic (exact) mass is 449 g/mol. The maximum Gasteiger partial charge on any atom is 0.252 e. The van der Waals surface area contributed by atoms with Gasteiger partial charge in [0, 0.05) is 35.8 Å². The van der Waals surface area contributed by atoms with Crippen molar-refractivity contribution in [1.82, 2.24) is 15.6 Å². The molecule has 7 heteroatoms. The van der Waals surface area contributed by atoms with Crippen LogP contribution in [0.4, 0.5) is 4.39 Å². The third-order valence-corrected chi connectivity index (χ3v) is 6.62. The van der Waals surface area contributed by atoms with E-state index in [2.05, 4.69) is 15.6 Å². The van der Waals surface area contributed by atoms with Crippen LogP contribution >= 0.6 is 0 Å². The van der Waals surface area contributed by atoms with Crippen molar-refractivity contribution in [2.24, 2.45) is 0 Å². The zero-order valence-electron chi connectivity index (χ0n) is 18.9. The van der Waals surface area contributed by atoms with E-state index >= 15 is 0 Å². The van der Waals surface area contributed by atoms with E-state index in [0.29, 0.717) is 30.9 Å². The van der Waals surface area contributed by atoms with Crippen LogP contribution in [0.5, 0.6) is 11.5 Å². The third-order valence-electron chi connectivity index (χ3n) is 6.62. The molecule has 2 atom stereocenters. The summed E-state index contributed by atoms with van der Waals surface area (Å²) in [4.78, 5) is 17.8. The van der Waals surface area contributed by atoms with Crippen molar-refractivity contribution >= 4 is 16.8 Å². The Morgan fingerprint density at radius 3 is 2.82 bits per heavy atom. The normalized spacial score (nSPS) is 21.1. The number of halogens is 1. The fourth-order valence-corrected chi connectivity index (χ4v) is 4.57. The largest absolute Gasteiger partial charge is 0.497 e. The maximum atomic E-state index is 13.4. The Kier molecular flexibility index (Phi) is 5.66. The second kappa shape index (κ2) is 8.63. The number of ether oxygens (including phenoxy) is 2. The van der Waals surface area contributed by atoms with Crippen molar-refractivity contribution in [2.75, 3.05) is 20.3 Å². The van der Waals surface area contributed by atoms with Crippen LogP contribution in [0, 0.1) is 6.92 Å². The van der Waals surface area contributed by atoms with Crippen LogP contribution in [-0.4, -0.2) is 43.4 Å². The smallest absolute Gasteiger partial charge is 0.252 e. The molecule has 1 amide bonds. The van der Waals surface area contributed by atoms with Gasteiger partial charge in [0.25, 0.3) is 5.91 Å².